The molecule has 0 spiro atoms. The third-order valence-corrected chi connectivity index (χ3v) is 6.90. The van der Waals surface area contributed by atoms with Crippen molar-refractivity contribution in [3.8, 4) is 5.69 Å². The maximum Gasteiger partial charge on any atom is 0.334 e. The largest absolute Gasteiger partial charge is 0.355 e. The molecular formula is C20H22Cl2N6O2. The Hall–Kier alpha value is -2.42. The lowest BCUT2D eigenvalue weighted by atomic mass is 9.75. The van der Waals surface area contributed by atoms with Crippen LogP contribution in [0.1, 0.15) is 26.7 Å². The molecule has 3 aromatic rings. The zero-order valence-electron chi connectivity index (χ0n) is 16.7. The van der Waals surface area contributed by atoms with Gasteiger partial charge in [-0.2, -0.15) is 0 Å². The van der Waals surface area contributed by atoms with Crippen LogP contribution < -0.4 is 21.9 Å². The Bertz CT molecular complexity index is 1230. The Morgan fingerprint density at radius 1 is 1.23 bits per heavy atom. The summed E-state index contributed by atoms with van der Waals surface area (Å²) in [6, 6.07) is 4.84. The summed E-state index contributed by atoms with van der Waals surface area (Å²) < 4.78 is 0.917. The van der Waals surface area contributed by atoms with Crippen molar-refractivity contribution in [2.24, 2.45) is 11.1 Å². The fourth-order valence-corrected chi connectivity index (χ4v) is 4.10. The number of nitrogens with two attached hydrogens (primary N) is 1. The van der Waals surface area contributed by atoms with Crippen molar-refractivity contribution in [3.63, 3.8) is 0 Å². The van der Waals surface area contributed by atoms with E-state index in [1.165, 1.54) is 0 Å². The second-order valence-corrected chi connectivity index (χ2v) is 8.78. The number of nitrogens with one attached hydrogen (secondary N) is 1. The fourth-order valence-electron chi connectivity index (χ4n) is 3.72. The van der Waals surface area contributed by atoms with E-state index < -0.39 is 11.2 Å². The van der Waals surface area contributed by atoms with Crippen LogP contribution in [0.2, 0.25) is 10.0 Å². The molecule has 30 heavy (non-hydrogen) atoms. The van der Waals surface area contributed by atoms with Crippen LogP contribution in [-0.4, -0.2) is 38.7 Å². The standard InChI is InChI=1S/C20H22Cl2N6O2/c1-11(23)20(2)6-8-27(9-7-20)14-10-24-16-17(25-14)26-19(30)28(18(16)29)13-5-3-4-12(21)15(13)22/h3-5,10-11H,6-9,23H2,1-2H3,(H,25,26,30)/t11-/m1/s1. The van der Waals surface area contributed by atoms with Gasteiger partial charge in [-0.05, 0) is 37.3 Å². The molecule has 1 aliphatic heterocycles. The van der Waals surface area contributed by atoms with Gasteiger partial charge in [-0.25, -0.2) is 19.3 Å². The van der Waals surface area contributed by atoms with E-state index in [-0.39, 0.29) is 38.4 Å². The average Bonchev–Trinajstić information content (AvgIpc) is 2.71. The van der Waals surface area contributed by atoms with Crippen LogP contribution in [0.25, 0.3) is 16.9 Å². The van der Waals surface area contributed by atoms with Crippen LogP contribution in [0.3, 0.4) is 0 Å². The minimum Gasteiger partial charge on any atom is -0.355 e. The molecule has 0 radical (unpaired) electrons. The minimum atomic E-state index is -0.661. The van der Waals surface area contributed by atoms with E-state index >= 15 is 0 Å². The van der Waals surface area contributed by atoms with E-state index in [1.54, 1.807) is 24.4 Å². The van der Waals surface area contributed by atoms with Crippen LogP contribution in [0.5, 0.6) is 0 Å². The summed E-state index contributed by atoms with van der Waals surface area (Å²) in [6.07, 6.45) is 3.41. The molecule has 0 bridgehead atoms. The highest BCUT2D eigenvalue weighted by atomic mass is 35.5. The summed E-state index contributed by atoms with van der Waals surface area (Å²) >= 11 is 12.2. The summed E-state index contributed by atoms with van der Waals surface area (Å²) in [4.78, 5) is 39.2. The van der Waals surface area contributed by atoms with Crippen molar-refractivity contribution in [1.82, 2.24) is 19.5 Å². The summed E-state index contributed by atoms with van der Waals surface area (Å²) in [5.41, 5.74) is 5.32. The van der Waals surface area contributed by atoms with Crippen LogP contribution in [0.4, 0.5) is 5.82 Å². The lowest BCUT2D eigenvalue weighted by molar-refractivity contribution is 0.205. The predicted molar refractivity (Wildman–Crippen MR) is 119 cm³/mol. The summed E-state index contributed by atoms with van der Waals surface area (Å²) in [5.74, 6) is 0.614. The molecule has 1 aromatic carbocycles. The second-order valence-electron chi connectivity index (χ2n) is 8.00. The van der Waals surface area contributed by atoms with Gasteiger partial charge in [0.25, 0.3) is 5.56 Å². The number of aromatic amines is 1. The molecule has 3 N–H and O–H groups in total. The number of fused-ring (bicyclic) bond motifs is 1. The number of aromatic nitrogens is 4. The third-order valence-electron chi connectivity index (χ3n) is 6.09. The molecule has 1 fully saturated rings. The van der Waals surface area contributed by atoms with Gasteiger partial charge in [0.05, 0.1) is 21.9 Å². The number of rotatable bonds is 3. The molecule has 10 heteroatoms. The smallest absolute Gasteiger partial charge is 0.334 e. The maximum atomic E-state index is 13.0. The first-order valence-electron chi connectivity index (χ1n) is 9.68. The van der Waals surface area contributed by atoms with E-state index in [1.807, 2.05) is 6.92 Å². The molecule has 0 amide bonds. The Kier molecular flexibility index (Phi) is 5.34. The van der Waals surface area contributed by atoms with Crippen molar-refractivity contribution in [1.29, 1.82) is 0 Å². The van der Waals surface area contributed by atoms with Gasteiger partial charge in [0.1, 0.15) is 5.82 Å². The lowest BCUT2D eigenvalue weighted by Crippen LogP contribution is -2.47. The molecule has 0 unspecified atom stereocenters. The number of piperidine rings is 1. The fraction of sp³-hybridized carbons (Fsp3) is 0.400. The van der Waals surface area contributed by atoms with Crippen molar-refractivity contribution in [3.05, 3.63) is 55.3 Å². The van der Waals surface area contributed by atoms with E-state index in [4.69, 9.17) is 28.9 Å². The number of hydrogen-bond acceptors (Lipinski definition) is 6. The molecule has 1 atom stereocenters. The van der Waals surface area contributed by atoms with E-state index in [0.717, 1.165) is 30.5 Å². The van der Waals surface area contributed by atoms with Crippen LogP contribution in [-0.2, 0) is 0 Å². The monoisotopic (exact) mass is 448 g/mol. The SMILES string of the molecule is C[C@@H](N)C1(C)CCN(c2cnc3c(=O)n(-c4cccc(Cl)c4Cl)c(=O)[nH]c3n2)CC1. The number of H-pyrrole nitrogens is 1. The van der Waals surface area contributed by atoms with Crippen molar-refractivity contribution in [2.45, 2.75) is 32.7 Å². The zero-order valence-corrected chi connectivity index (χ0v) is 18.2. The molecule has 1 saturated heterocycles. The number of nitrogens with zero attached hydrogens (tertiary/aromatic N) is 4. The second kappa shape index (κ2) is 7.68. The van der Waals surface area contributed by atoms with Crippen LogP contribution >= 0.6 is 23.2 Å². The highest BCUT2D eigenvalue weighted by molar-refractivity contribution is 6.43. The van der Waals surface area contributed by atoms with Gasteiger partial charge in [0.15, 0.2) is 11.2 Å². The predicted octanol–water partition coefficient (Wildman–Crippen LogP) is 2.73. The normalized spacial score (nSPS) is 17.3. The van der Waals surface area contributed by atoms with E-state index in [9.17, 15) is 9.59 Å². The zero-order chi connectivity index (χ0) is 21.6. The molecule has 2 aromatic heterocycles. The van der Waals surface area contributed by atoms with Gasteiger partial charge in [-0.3, -0.25) is 9.78 Å². The Morgan fingerprint density at radius 2 is 1.93 bits per heavy atom. The minimum absolute atomic E-state index is 0.0480. The maximum absolute atomic E-state index is 13.0. The lowest BCUT2D eigenvalue weighted by Gasteiger charge is -2.42. The molecule has 8 nitrogen and oxygen atoms in total. The first kappa shape index (κ1) is 20.8. The third kappa shape index (κ3) is 3.49. The van der Waals surface area contributed by atoms with Crippen LogP contribution in [0.15, 0.2) is 34.0 Å². The molecule has 3 heterocycles. The molecule has 0 aliphatic carbocycles. The Morgan fingerprint density at radius 3 is 2.60 bits per heavy atom. The van der Waals surface area contributed by atoms with Crippen molar-refractivity contribution >= 4 is 40.2 Å². The van der Waals surface area contributed by atoms with Gasteiger partial charge < -0.3 is 10.6 Å². The number of benzene rings is 1. The first-order chi connectivity index (χ1) is 14.2. The Labute approximate surface area is 182 Å². The van der Waals surface area contributed by atoms with Crippen molar-refractivity contribution in [2.75, 3.05) is 18.0 Å². The Balaban J connectivity index is 1.73. The van der Waals surface area contributed by atoms with Gasteiger partial charge in [0.2, 0.25) is 0 Å². The highest BCUT2D eigenvalue weighted by Crippen LogP contribution is 2.34. The summed E-state index contributed by atoms with van der Waals surface area (Å²) in [6.45, 7) is 5.78. The number of hydrogen-bond donors (Lipinski definition) is 2. The molecule has 4 rings (SSSR count). The molecule has 0 saturated carbocycles. The van der Waals surface area contributed by atoms with Gasteiger partial charge in [-0.1, -0.05) is 36.2 Å². The summed E-state index contributed by atoms with van der Waals surface area (Å²) in [7, 11) is 0. The van der Waals surface area contributed by atoms with E-state index in [2.05, 4.69) is 26.8 Å². The molecule has 158 valence electrons. The summed E-state index contributed by atoms with van der Waals surface area (Å²) in [5, 5.41) is 0.354. The van der Waals surface area contributed by atoms with Gasteiger partial charge in [0, 0.05) is 19.1 Å². The van der Waals surface area contributed by atoms with Crippen molar-refractivity contribution < 1.29 is 0 Å². The van der Waals surface area contributed by atoms with Gasteiger partial charge in [-0.15, -0.1) is 0 Å². The quantitative estimate of drug-likeness (QED) is 0.637. The average molecular weight is 449 g/mol. The van der Waals surface area contributed by atoms with Gasteiger partial charge >= 0.3 is 5.69 Å². The topological polar surface area (TPSA) is 110 Å². The molecular weight excluding hydrogens is 427 g/mol. The first-order valence-corrected chi connectivity index (χ1v) is 10.4. The number of anilines is 1. The van der Waals surface area contributed by atoms with Crippen LogP contribution in [0, 0.1) is 5.41 Å². The molecule has 1 aliphatic rings. The number of halogens is 2. The van der Waals surface area contributed by atoms with E-state index in [0.29, 0.717) is 5.82 Å². The highest BCUT2D eigenvalue weighted by Gasteiger charge is 2.33.